The minimum Gasteiger partial charge on any atom is -0.342 e. The molecule has 13 heavy (non-hydrogen) atoms. The van der Waals surface area contributed by atoms with E-state index in [4.69, 9.17) is 0 Å². The van der Waals surface area contributed by atoms with E-state index in [2.05, 4.69) is 5.32 Å². The third-order valence-electron chi connectivity index (χ3n) is 2.04. The monoisotopic (exact) mass is 196 g/mol. The number of nitrogens with one attached hydrogen (secondary N) is 2. The van der Waals surface area contributed by atoms with Crippen molar-refractivity contribution in [3.05, 3.63) is 0 Å². The molecule has 1 aliphatic rings. The first-order valence-corrected chi connectivity index (χ1v) is 3.94. The molecule has 1 fully saturated rings. The van der Waals surface area contributed by atoms with E-state index in [9.17, 15) is 18.0 Å². The lowest BCUT2D eigenvalue weighted by Crippen LogP contribution is -2.52. The number of hydrogen-bond donors (Lipinski definition) is 2. The second-order valence-electron chi connectivity index (χ2n) is 3.44. The summed E-state index contributed by atoms with van der Waals surface area (Å²) in [6.45, 7) is 2.61. The summed E-state index contributed by atoms with van der Waals surface area (Å²) in [5.41, 5.74) is -0.757. The maximum Gasteiger partial charge on any atom is 0.471 e. The Kier molecular flexibility index (Phi) is 2.51. The van der Waals surface area contributed by atoms with Gasteiger partial charge in [-0.1, -0.05) is 0 Å². The van der Waals surface area contributed by atoms with Gasteiger partial charge in [0.15, 0.2) is 0 Å². The quantitative estimate of drug-likeness (QED) is 0.638. The van der Waals surface area contributed by atoms with E-state index in [0.29, 0.717) is 19.5 Å². The van der Waals surface area contributed by atoms with Crippen LogP contribution in [0.3, 0.4) is 0 Å². The van der Waals surface area contributed by atoms with Gasteiger partial charge in [-0.2, -0.15) is 13.2 Å². The fourth-order valence-electron chi connectivity index (χ4n) is 1.27. The number of rotatable bonds is 1. The zero-order valence-corrected chi connectivity index (χ0v) is 7.16. The van der Waals surface area contributed by atoms with Crippen LogP contribution in [0, 0.1) is 0 Å². The molecule has 1 saturated heterocycles. The van der Waals surface area contributed by atoms with Crippen LogP contribution < -0.4 is 10.6 Å². The predicted octanol–water partition coefficient (Wildman–Crippen LogP) is 0.417. The summed E-state index contributed by atoms with van der Waals surface area (Å²) in [5.74, 6) is -1.86. The van der Waals surface area contributed by atoms with Crippen LogP contribution in [0.1, 0.15) is 13.3 Å². The lowest BCUT2D eigenvalue weighted by molar-refractivity contribution is -0.175. The molecule has 0 aliphatic carbocycles. The molecule has 0 spiro atoms. The number of amides is 1. The number of alkyl halides is 3. The molecule has 3 nitrogen and oxygen atoms in total. The lowest BCUT2D eigenvalue weighted by Gasteiger charge is -2.24. The number of hydrogen-bond acceptors (Lipinski definition) is 2. The van der Waals surface area contributed by atoms with E-state index in [1.807, 2.05) is 5.32 Å². The molecule has 0 bridgehead atoms. The average Bonchev–Trinajstić information content (AvgIpc) is 2.33. The molecule has 1 unspecified atom stereocenters. The van der Waals surface area contributed by atoms with Crippen LogP contribution in [-0.4, -0.2) is 30.7 Å². The largest absolute Gasteiger partial charge is 0.471 e. The molecule has 6 heteroatoms. The van der Waals surface area contributed by atoms with Crippen molar-refractivity contribution in [1.29, 1.82) is 0 Å². The van der Waals surface area contributed by atoms with Crippen molar-refractivity contribution >= 4 is 5.91 Å². The van der Waals surface area contributed by atoms with Crippen molar-refractivity contribution in [2.45, 2.75) is 25.1 Å². The highest BCUT2D eigenvalue weighted by Gasteiger charge is 2.43. The predicted molar refractivity (Wildman–Crippen MR) is 40.1 cm³/mol. The highest BCUT2D eigenvalue weighted by molar-refractivity contribution is 5.82. The van der Waals surface area contributed by atoms with Crippen molar-refractivity contribution in [2.75, 3.05) is 13.1 Å². The normalized spacial score (nSPS) is 28.9. The number of carbonyl (C=O) groups excluding carboxylic acids is 1. The third kappa shape index (κ3) is 2.58. The molecule has 0 saturated carbocycles. The number of halogens is 3. The van der Waals surface area contributed by atoms with E-state index >= 15 is 0 Å². The van der Waals surface area contributed by atoms with Gasteiger partial charge in [0, 0.05) is 6.54 Å². The van der Waals surface area contributed by atoms with E-state index in [-0.39, 0.29) is 0 Å². The Balaban J connectivity index is 2.53. The smallest absolute Gasteiger partial charge is 0.342 e. The van der Waals surface area contributed by atoms with Crippen molar-refractivity contribution in [2.24, 2.45) is 0 Å². The summed E-state index contributed by atoms with van der Waals surface area (Å²) in [4.78, 5) is 10.6. The maximum atomic E-state index is 11.8. The molecule has 1 rings (SSSR count). The summed E-state index contributed by atoms with van der Waals surface area (Å²) in [6.07, 6.45) is -4.26. The second-order valence-corrected chi connectivity index (χ2v) is 3.44. The van der Waals surface area contributed by atoms with Gasteiger partial charge in [0.2, 0.25) is 0 Å². The van der Waals surface area contributed by atoms with Gasteiger partial charge in [-0.15, -0.1) is 0 Å². The summed E-state index contributed by atoms with van der Waals surface area (Å²) in [7, 11) is 0. The third-order valence-corrected chi connectivity index (χ3v) is 2.04. The van der Waals surface area contributed by atoms with Crippen molar-refractivity contribution in [3.8, 4) is 0 Å². The highest BCUT2D eigenvalue weighted by atomic mass is 19.4. The SMILES string of the molecule is CC1(NC(=O)C(F)(F)F)CCNC1. The topological polar surface area (TPSA) is 41.1 Å². The van der Waals surface area contributed by atoms with E-state index in [0.717, 1.165) is 0 Å². The van der Waals surface area contributed by atoms with Crippen molar-refractivity contribution in [3.63, 3.8) is 0 Å². The van der Waals surface area contributed by atoms with Crippen LogP contribution in [0.2, 0.25) is 0 Å². The van der Waals surface area contributed by atoms with Gasteiger partial charge in [0.1, 0.15) is 0 Å². The summed E-state index contributed by atoms with van der Waals surface area (Å²) < 4.78 is 35.5. The Labute approximate surface area is 73.7 Å². The molecule has 0 aromatic carbocycles. The Morgan fingerprint density at radius 2 is 2.15 bits per heavy atom. The van der Waals surface area contributed by atoms with Gasteiger partial charge in [0.25, 0.3) is 0 Å². The molecular weight excluding hydrogens is 185 g/mol. The standard InChI is InChI=1S/C7H11F3N2O/c1-6(2-3-11-4-6)12-5(13)7(8,9)10/h11H,2-4H2,1H3,(H,12,13). The molecule has 1 aliphatic heterocycles. The highest BCUT2D eigenvalue weighted by Crippen LogP contribution is 2.19. The van der Waals surface area contributed by atoms with E-state index in [1.54, 1.807) is 6.92 Å². The zero-order valence-electron chi connectivity index (χ0n) is 7.16. The Morgan fingerprint density at radius 3 is 2.54 bits per heavy atom. The van der Waals surface area contributed by atoms with Crippen LogP contribution in [0.25, 0.3) is 0 Å². The van der Waals surface area contributed by atoms with Gasteiger partial charge in [-0.25, -0.2) is 0 Å². The zero-order chi connectivity index (χ0) is 10.1. The van der Waals surface area contributed by atoms with E-state index in [1.165, 1.54) is 0 Å². The lowest BCUT2D eigenvalue weighted by atomic mass is 10.0. The summed E-state index contributed by atoms with van der Waals surface area (Å²) in [6, 6.07) is 0. The fourth-order valence-corrected chi connectivity index (χ4v) is 1.27. The fraction of sp³-hybridized carbons (Fsp3) is 0.857. The molecule has 0 aromatic rings. The van der Waals surface area contributed by atoms with Gasteiger partial charge in [0.05, 0.1) is 5.54 Å². The van der Waals surface area contributed by atoms with Gasteiger partial charge in [-0.3, -0.25) is 4.79 Å². The van der Waals surface area contributed by atoms with Crippen molar-refractivity contribution < 1.29 is 18.0 Å². The molecule has 1 amide bonds. The first-order valence-electron chi connectivity index (χ1n) is 3.94. The first kappa shape index (κ1) is 10.3. The maximum absolute atomic E-state index is 11.8. The summed E-state index contributed by atoms with van der Waals surface area (Å²) >= 11 is 0. The van der Waals surface area contributed by atoms with Crippen LogP contribution >= 0.6 is 0 Å². The van der Waals surface area contributed by atoms with Crippen LogP contribution in [0.4, 0.5) is 13.2 Å². The van der Waals surface area contributed by atoms with Crippen molar-refractivity contribution in [1.82, 2.24) is 10.6 Å². The molecule has 0 radical (unpaired) electrons. The molecule has 1 heterocycles. The molecule has 1 atom stereocenters. The summed E-state index contributed by atoms with van der Waals surface area (Å²) in [5, 5.41) is 4.86. The molecule has 2 N–H and O–H groups in total. The minimum atomic E-state index is -4.79. The molecule has 0 aromatic heterocycles. The van der Waals surface area contributed by atoms with Gasteiger partial charge in [-0.05, 0) is 19.9 Å². The second kappa shape index (κ2) is 3.17. The number of carbonyl (C=O) groups is 1. The van der Waals surface area contributed by atoms with Gasteiger partial charge < -0.3 is 10.6 Å². The average molecular weight is 196 g/mol. The molecular formula is C7H11F3N2O. The van der Waals surface area contributed by atoms with Crippen LogP contribution in [0.5, 0.6) is 0 Å². The Bertz CT molecular complexity index is 208. The first-order chi connectivity index (χ1) is 5.83. The minimum absolute atomic E-state index is 0.384. The Hall–Kier alpha value is -0.780. The van der Waals surface area contributed by atoms with Gasteiger partial charge >= 0.3 is 12.1 Å². The van der Waals surface area contributed by atoms with E-state index < -0.39 is 17.6 Å². The Morgan fingerprint density at radius 1 is 1.54 bits per heavy atom. The van der Waals surface area contributed by atoms with Crippen LogP contribution in [-0.2, 0) is 4.79 Å². The molecule has 76 valence electrons. The van der Waals surface area contributed by atoms with Crippen LogP contribution in [0.15, 0.2) is 0 Å².